The highest BCUT2D eigenvalue weighted by Crippen LogP contribution is 2.31. The number of fused-ring (bicyclic) bond motifs is 1. The summed E-state index contributed by atoms with van der Waals surface area (Å²) in [7, 11) is 0. The molecule has 0 heterocycles. The fraction of sp³-hybridized carbons (Fsp3) is 0.476. The second-order valence-corrected chi connectivity index (χ2v) is 7.34. The molecule has 0 bridgehead atoms. The lowest BCUT2D eigenvalue weighted by atomic mass is 10.0. The summed E-state index contributed by atoms with van der Waals surface area (Å²) in [6, 6.07) is 9.78. The third kappa shape index (κ3) is 6.69. The van der Waals surface area contributed by atoms with Gasteiger partial charge in [0.1, 0.15) is 0 Å². The van der Waals surface area contributed by atoms with Gasteiger partial charge in [0.15, 0.2) is 0 Å². The molecule has 2 aromatic carbocycles. The standard InChI is InChI=1S/C17H21BrN2O.C4H10/c1-3-4-5-11(2)17(21)20-15-9-6-12-10-13(18)7-8-14(12)16(15)19;1-3-4-2/h6-11H,3-5,19H2,1-2H3,(H,20,21);3-4H2,1-2H3. The Balaban J connectivity index is 0.000000705. The van der Waals surface area contributed by atoms with Gasteiger partial charge in [0.25, 0.3) is 0 Å². The van der Waals surface area contributed by atoms with Crippen molar-refractivity contribution in [3.63, 3.8) is 0 Å². The number of nitrogens with two attached hydrogens (primary N) is 1. The fourth-order valence-corrected chi connectivity index (χ4v) is 2.71. The lowest BCUT2D eigenvalue weighted by Gasteiger charge is -2.14. The van der Waals surface area contributed by atoms with Crippen molar-refractivity contribution in [2.24, 2.45) is 5.92 Å². The molecule has 0 spiro atoms. The number of rotatable bonds is 6. The van der Waals surface area contributed by atoms with Crippen molar-refractivity contribution >= 4 is 44.0 Å². The molecule has 0 radical (unpaired) electrons. The van der Waals surface area contributed by atoms with Gasteiger partial charge in [-0.15, -0.1) is 0 Å². The van der Waals surface area contributed by atoms with Crippen LogP contribution in [0.15, 0.2) is 34.8 Å². The highest BCUT2D eigenvalue weighted by Gasteiger charge is 2.14. The van der Waals surface area contributed by atoms with Gasteiger partial charge in [-0.2, -0.15) is 0 Å². The Morgan fingerprint density at radius 3 is 2.40 bits per heavy atom. The van der Waals surface area contributed by atoms with Crippen LogP contribution in [0.1, 0.15) is 59.8 Å². The molecule has 2 rings (SSSR count). The average molecular weight is 407 g/mol. The maximum atomic E-state index is 12.2. The summed E-state index contributed by atoms with van der Waals surface area (Å²) in [5.41, 5.74) is 7.50. The maximum Gasteiger partial charge on any atom is 0.227 e. The Labute approximate surface area is 160 Å². The van der Waals surface area contributed by atoms with Crippen molar-refractivity contribution in [1.82, 2.24) is 0 Å². The molecule has 0 aliphatic rings. The first kappa shape index (κ1) is 21.5. The molecule has 1 amide bonds. The van der Waals surface area contributed by atoms with Gasteiger partial charge in [0.2, 0.25) is 5.91 Å². The molecule has 138 valence electrons. The van der Waals surface area contributed by atoms with Gasteiger partial charge in [-0.25, -0.2) is 0 Å². The molecule has 3 N–H and O–H groups in total. The summed E-state index contributed by atoms with van der Waals surface area (Å²) in [6.07, 6.45) is 5.71. The van der Waals surface area contributed by atoms with Crippen LogP contribution in [-0.4, -0.2) is 5.91 Å². The minimum atomic E-state index is 0.00460. The molecular formula is C21H31BrN2O. The van der Waals surface area contributed by atoms with Crippen molar-refractivity contribution < 1.29 is 4.79 Å². The van der Waals surface area contributed by atoms with E-state index in [4.69, 9.17) is 5.73 Å². The van der Waals surface area contributed by atoms with Crippen LogP contribution in [0.4, 0.5) is 11.4 Å². The van der Waals surface area contributed by atoms with Crippen molar-refractivity contribution in [1.29, 1.82) is 0 Å². The number of halogens is 1. The number of unbranched alkanes of at least 4 members (excludes halogenated alkanes) is 2. The Hall–Kier alpha value is -1.55. The fourth-order valence-electron chi connectivity index (χ4n) is 2.33. The first-order chi connectivity index (χ1) is 11.9. The second kappa shape index (κ2) is 11.1. The number of nitrogen functional groups attached to an aromatic ring is 1. The van der Waals surface area contributed by atoms with Gasteiger partial charge in [-0.3, -0.25) is 4.79 Å². The molecule has 0 fully saturated rings. The van der Waals surface area contributed by atoms with E-state index in [9.17, 15) is 4.79 Å². The number of carbonyl (C=O) groups excluding carboxylic acids is 1. The number of hydrogen-bond acceptors (Lipinski definition) is 2. The van der Waals surface area contributed by atoms with Gasteiger partial charge in [0, 0.05) is 15.8 Å². The minimum Gasteiger partial charge on any atom is -0.397 e. The molecule has 0 aliphatic carbocycles. The molecule has 3 nitrogen and oxygen atoms in total. The highest BCUT2D eigenvalue weighted by molar-refractivity contribution is 9.10. The third-order valence-electron chi connectivity index (χ3n) is 4.22. The largest absolute Gasteiger partial charge is 0.397 e. The Morgan fingerprint density at radius 1 is 1.12 bits per heavy atom. The molecule has 0 aliphatic heterocycles. The third-order valence-corrected chi connectivity index (χ3v) is 4.71. The molecule has 4 heteroatoms. The number of amides is 1. The van der Waals surface area contributed by atoms with E-state index in [-0.39, 0.29) is 11.8 Å². The first-order valence-electron chi connectivity index (χ1n) is 9.23. The van der Waals surface area contributed by atoms with Crippen molar-refractivity contribution in [3.8, 4) is 0 Å². The summed E-state index contributed by atoms with van der Waals surface area (Å²) in [5, 5.41) is 4.96. The van der Waals surface area contributed by atoms with Gasteiger partial charge >= 0.3 is 0 Å². The number of hydrogen-bond donors (Lipinski definition) is 2. The zero-order valence-corrected chi connectivity index (χ0v) is 17.4. The molecule has 1 atom stereocenters. The number of benzene rings is 2. The van der Waals surface area contributed by atoms with Gasteiger partial charge in [0.05, 0.1) is 11.4 Å². The SMILES string of the molecule is CCCC.CCCCC(C)C(=O)Nc1ccc2cc(Br)ccc2c1N. The van der Waals surface area contributed by atoms with Crippen LogP contribution in [0.3, 0.4) is 0 Å². The Kier molecular flexibility index (Phi) is 9.58. The van der Waals surface area contributed by atoms with Crippen LogP contribution in [0, 0.1) is 5.92 Å². The van der Waals surface area contributed by atoms with Crippen molar-refractivity contribution in [2.45, 2.75) is 59.8 Å². The van der Waals surface area contributed by atoms with Gasteiger partial charge in [-0.1, -0.05) is 81.4 Å². The Morgan fingerprint density at radius 2 is 1.80 bits per heavy atom. The van der Waals surface area contributed by atoms with E-state index in [0.717, 1.165) is 34.5 Å². The average Bonchev–Trinajstić information content (AvgIpc) is 2.62. The van der Waals surface area contributed by atoms with E-state index in [1.807, 2.05) is 37.3 Å². The lowest BCUT2D eigenvalue weighted by molar-refractivity contribution is -0.119. The molecule has 25 heavy (non-hydrogen) atoms. The van der Waals surface area contributed by atoms with Crippen LogP contribution in [-0.2, 0) is 4.79 Å². The van der Waals surface area contributed by atoms with E-state index < -0.39 is 0 Å². The second-order valence-electron chi connectivity index (χ2n) is 6.42. The molecule has 1 unspecified atom stereocenters. The highest BCUT2D eigenvalue weighted by atomic mass is 79.9. The van der Waals surface area contributed by atoms with Crippen LogP contribution in [0.25, 0.3) is 10.8 Å². The van der Waals surface area contributed by atoms with Crippen molar-refractivity contribution in [3.05, 3.63) is 34.8 Å². The predicted molar refractivity (Wildman–Crippen MR) is 114 cm³/mol. The summed E-state index contributed by atoms with van der Waals surface area (Å²) >= 11 is 3.45. The normalized spacial score (nSPS) is 11.6. The minimum absolute atomic E-state index is 0.00460. The van der Waals surface area contributed by atoms with Crippen LogP contribution >= 0.6 is 15.9 Å². The van der Waals surface area contributed by atoms with Crippen LogP contribution in [0.2, 0.25) is 0 Å². The zero-order valence-electron chi connectivity index (χ0n) is 15.9. The summed E-state index contributed by atoms with van der Waals surface area (Å²) in [5.74, 6) is 0.0385. The van der Waals surface area contributed by atoms with Gasteiger partial charge < -0.3 is 11.1 Å². The molecular weight excluding hydrogens is 376 g/mol. The smallest absolute Gasteiger partial charge is 0.227 e. The van der Waals surface area contributed by atoms with E-state index in [2.05, 4.69) is 42.0 Å². The molecule has 0 saturated heterocycles. The molecule has 0 aromatic heterocycles. The Bertz CT molecular complexity index is 683. The van der Waals surface area contributed by atoms with Crippen molar-refractivity contribution in [2.75, 3.05) is 11.1 Å². The topological polar surface area (TPSA) is 55.1 Å². The number of anilines is 2. The van der Waals surface area contributed by atoms with E-state index in [1.54, 1.807) is 0 Å². The zero-order chi connectivity index (χ0) is 18.8. The molecule has 0 saturated carbocycles. The summed E-state index contributed by atoms with van der Waals surface area (Å²) < 4.78 is 1.01. The quantitative estimate of drug-likeness (QED) is 0.520. The number of carbonyl (C=O) groups is 1. The van der Waals surface area contributed by atoms with E-state index in [1.165, 1.54) is 12.8 Å². The van der Waals surface area contributed by atoms with Gasteiger partial charge in [-0.05, 0) is 30.0 Å². The van der Waals surface area contributed by atoms with Crippen LogP contribution < -0.4 is 11.1 Å². The monoisotopic (exact) mass is 406 g/mol. The lowest BCUT2D eigenvalue weighted by Crippen LogP contribution is -2.21. The van der Waals surface area contributed by atoms with E-state index in [0.29, 0.717) is 11.4 Å². The summed E-state index contributed by atoms with van der Waals surface area (Å²) in [4.78, 5) is 12.2. The molecule has 2 aromatic rings. The van der Waals surface area contributed by atoms with E-state index >= 15 is 0 Å². The summed E-state index contributed by atoms with van der Waals surface area (Å²) in [6.45, 7) is 8.45. The van der Waals surface area contributed by atoms with Crippen LogP contribution in [0.5, 0.6) is 0 Å². The number of nitrogens with one attached hydrogen (secondary N) is 1. The predicted octanol–water partition coefficient (Wildman–Crippen LogP) is 6.76. The first-order valence-corrected chi connectivity index (χ1v) is 10.0. The maximum absolute atomic E-state index is 12.2.